The fraction of sp³-hybridized carbons (Fsp3) is 0.188. The Morgan fingerprint density at radius 1 is 1.10 bits per heavy atom. The normalized spacial score (nSPS) is 11.3. The molecule has 0 aliphatic carbocycles. The Balaban J connectivity index is 2.39. The second-order valence-electron chi connectivity index (χ2n) is 4.27. The van der Waals surface area contributed by atoms with Gasteiger partial charge in [0.25, 0.3) is 0 Å². The number of hydrogen-bond donors (Lipinski definition) is 1. The summed E-state index contributed by atoms with van der Waals surface area (Å²) in [7, 11) is 3.02. The summed E-state index contributed by atoms with van der Waals surface area (Å²) in [5, 5.41) is 12.3. The lowest BCUT2D eigenvalue weighted by Gasteiger charge is -2.18. The van der Waals surface area contributed by atoms with Gasteiger partial charge in [0.1, 0.15) is 11.9 Å². The third kappa shape index (κ3) is 3.06. The summed E-state index contributed by atoms with van der Waals surface area (Å²) in [4.78, 5) is 0. The quantitative estimate of drug-likeness (QED) is 0.913. The van der Waals surface area contributed by atoms with E-state index < -0.39 is 11.9 Å². The number of ether oxygens (including phenoxy) is 2. The molecule has 0 amide bonds. The van der Waals surface area contributed by atoms with Gasteiger partial charge in [-0.25, -0.2) is 4.39 Å². The highest BCUT2D eigenvalue weighted by molar-refractivity contribution is 5.54. The van der Waals surface area contributed by atoms with Crippen LogP contribution in [-0.2, 0) is 0 Å². The van der Waals surface area contributed by atoms with Crippen LogP contribution in [-0.4, -0.2) is 14.2 Å². The van der Waals surface area contributed by atoms with Gasteiger partial charge >= 0.3 is 0 Å². The van der Waals surface area contributed by atoms with E-state index in [9.17, 15) is 9.65 Å². The van der Waals surface area contributed by atoms with Gasteiger partial charge in [0, 0.05) is 5.56 Å². The number of nitrogens with zero attached hydrogens (tertiary/aromatic N) is 1. The molecule has 1 N–H and O–H groups in total. The molecule has 0 aromatic heterocycles. The van der Waals surface area contributed by atoms with Gasteiger partial charge in [-0.1, -0.05) is 24.3 Å². The number of anilines is 1. The summed E-state index contributed by atoms with van der Waals surface area (Å²) in [6, 6.07) is 12.8. The van der Waals surface area contributed by atoms with Gasteiger partial charge < -0.3 is 14.8 Å². The van der Waals surface area contributed by atoms with Gasteiger partial charge in [-0.2, -0.15) is 5.26 Å². The van der Waals surface area contributed by atoms with E-state index >= 15 is 0 Å². The van der Waals surface area contributed by atoms with Crippen molar-refractivity contribution in [2.45, 2.75) is 6.04 Å². The van der Waals surface area contributed by atoms with E-state index in [-0.39, 0.29) is 5.69 Å². The highest BCUT2D eigenvalue weighted by Gasteiger charge is 2.19. The molecule has 4 nitrogen and oxygen atoms in total. The summed E-state index contributed by atoms with van der Waals surface area (Å²) < 4.78 is 24.2. The molecule has 108 valence electrons. The highest BCUT2D eigenvalue weighted by atomic mass is 19.1. The molecule has 5 heteroatoms. The van der Waals surface area contributed by atoms with Crippen LogP contribution in [0.2, 0.25) is 0 Å². The second kappa shape index (κ2) is 6.62. The largest absolute Gasteiger partial charge is 0.493 e. The third-order valence-electron chi connectivity index (χ3n) is 3.05. The molecule has 1 atom stereocenters. The molecule has 2 aromatic rings. The van der Waals surface area contributed by atoms with Gasteiger partial charge in [-0.05, 0) is 18.2 Å². The lowest BCUT2D eigenvalue weighted by molar-refractivity contribution is 0.351. The van der Waals surface area contributed by atoms with Crippen molar-refractivity contribution in [3.8, 4) is 17.6 Å². The van der Waals surface area contributed by atoms with E-state index in [0.717, 1.165) is 0 Å². The Labute approximate surface area is 122 Å². The maximum atomic E-state index is 13.7. The lowest BCUT2D eigenvalue weighted by Crippen LogP contribution is -2.11. The van der Waals surface area contributed by atoms with E-state index in [1.165, 1.54) is 20.3 Å². The van der Waals surface area contributed by atoms with Crippen LogP contribution in [0.5, 0.6) is 11.5 Å². The maximum absolute atomic E-state index is 13.7. The predicted molar refractivity (Wildman–Crippen MR) is 77.9 cm³/mol. The molecule has 0 saturated carbocycles. The van der Waals surface area contributed by atoms with Crippen molar-refractivity contribution in [2.75, 3.05) is 19.5 Å². The summed E-state index contributed by atoms with van der Waals surface area (Å²) in [5.74, 6) is 0.556. The van der Waals surface area contributed by atoms with Gasteiger partial charge in [0.05, 0.1) is 26.0 Å². The molecule has 0 aliphatic rings. The Kier molecular flexibility index (Phi) is 4.62. The number of rotatable bonds is 5. The number of para-hydroxylation sites is 2. The summed E-state index contributed by atoms with van der Waals surface area (Å²) in [5.41, 5.74) is 0.844. The first-order chi connectivity index (χ1) is 10.2. The zero-order chi connectivity index (χ0) is 15.2. The predicted octanol–water partition coefficient (Wildman–Crippen LogP) is 3.52. The van der Waals surface area contributed by atoms with Gasteiger partial charge in [-0.15, -0.1) is 0 Å². The first-order valence-electron chi connectivity index (χ1n) is 6.32. The van der Waals surface area contributed by atoms with Crippen molar-refractivity contribution in [1.82, 2.24) is 0 Å². The van der Waals surface area contributed by atoms with Crippen LogP contribution in [0.4, 0.5) is 10.1 Å². The SMILES string of the molecule is COc1cccc(C(C#N)Nc2ccccc2F)c1OC. The summed E-state index contributed by atoms with van der Waals surface area (Å²) >= 11 is 0. The molecule has 2 rings (SSSR count). The van der Waals surface area contributed by atoms with E-state index in [4.69, 9.17) is 9.47 Å². The highest BCUT2D eigenvalue weighted by Crippen LogP contribution is 2.35. The number of halogens is 1. The van der Waals surface area contributed by atoms with E-state index in [1.807, 2.05) is 0 Å². The Hall–Kier alpha value is -2.74. The maximum Gasteiger partial charge on any atom is 0.167 e. The van der Waals surface area contributed by atoms with Crippen LogP contribution in [0.25, 0.3) is 0 Å². The topological polar surface area (TPSA) is 54.3 Å². The summed E-state index contributed by atoms with van der Waals surface area (Å²) in [6.07, 6.45) is 0. The summed E-state index contributed by atoms with van der Waals surface area (Å²) in [6.45, 7) is 0. The average Bonchev–Trinajstić information content (AvgIpc) is 2.53. The molecule has 0 aliphatic heterocycles. The number of methoxy groups -OCH3 is 2. The molecule has 1 unspecified atom stereocenters. The van der Waals surface area contributed by atoms with Crippen molar-refractivity contribution < 1.29 is 13.9 Å². The van der Waals surface area contributed by atoms with Crippen LogP contribution in [0.3, 0.4) is 0 Å². The first kappa shape index (κ1) is 14.7. The average molecular weight is 286 g/mol. The van der Waals surface area contributed by atoms with Crippen molar-refractivity contribution in [1.29, 1.82) is 5.26 Å². The monoisotopic (exact) mass is 286 g/mol. The van der Waals surface area contributed by atoms with Crippen molar-refractivity contribution in [2.24, 2.45) is 0 Å². The van der Waals surface area contributed by atoms with E-state index in [2.05, 4.69) is 11.4 Å². The molecular weight excluding hydrogens is 271 g/mol. The molecule has 2 aromatic carbocycles. The van der Waals surface area contributed by atoms with E-state index in [1.54, 1.807) is 36.4 Å². The van der Waals surface area contributed by atoms with Gasteiger partial charge in [0.15, 0.2) is 11.5 Å². The molecule has 21 heavy (non-hydrogen) atoms. The number of benzene rings is 2. The van der Waals surface area contributed by atoms with Gasteiger partial charge in [0.2, 0.25) is 0 Å². The molecule has 0 radical (unpaired) electrons. The number of nitrogens with one attached hydrogen (secondary N) is 1. The Morgan fingerprint density at radius 2 is 1.86 bits per heavy atom. The zero-order valence-corrected chi connectivity index (χ0v) is 11.8. The van der Waals surface area contributed by atoms with Crippen LogP contribution >= 0.6 is 0 Å². The lowest BCUT2D eigenvalue weighted by atomic mass is 10.1. The van der Waals surface area contributed by atoms with Crippen molar-refractivity contribution in [3.05, 3.63) is 53.8 Å². The van der Waals surface area contributed by atoms with Gasteiger partial charge in [-0.3, -0.25) is 0 Å². The molecule has 0 heterocycles. The molecular formula is C16H15FN2O2. The molecule has 0 saturated heterocycles. The minimum absolute atomic E-state index is 0.258. The Bertz CT molecular complexity index is 668. The molecule has 0 fully saturated rings. The van der Waals surface area contributed by atoms with E-state index in [0.29, 0.717) is 17.1 Å². The standard InChI is InChI=1S/C16H15FN2O2/c1-20-15-9-5-6-11(16(15)21-2)14(10-18)19-13-8-4-3-7-12(13)17/h3-9,14,19H,1-2H3. The zero-order valence-electron chi connectivity index (χ0n) is 11.8. The number of hydrogen-bond acceptors (Lipinski definition) is 4. The van der Waals surface area contributed by atoms with Crippen molar-refractivity contribution >= 4 is 5.69 Å². The first-order valence-corrected chi connectivity index (χ1v) is 6.32. The number of nitriles is 1. The van der Waals surface area contributed by atoms with Crippen LogP contribution in [0.1, 0.15) is 11.6 Å². The fourth-order valence-corrected chi connectivity index (χ4v) is 2.05. The Morgan fingerprint density at radius 3 is 2.48 bits per heavy atom. The third-order valence-corrected chi connectivity index (χ3v) is 3.05. The van der Waals surface area contributed by atoms with Crippen LogP contribution in [0.15, 0.2) is 42.5 Å². The molecule has 0 spiro atoms. The second-order valence-corrected chi connectivity index (χ2v) is 4.27. The minimum atomic E-state index is -0.757. The fourth-order valence-electron chi connectivity index (χ4n) is 2.05. The molecule has 0 bridgehead atoms. The minimum Gasteiger partial charge on any atom is -0.493 e. The van der Waals surface area contributed by atoms with Crippen molar-refractivity contribution in [3.63, 3.8) is 0 Å². The van der Waals surface area contributed by atoms with Crippen LogP contribution < -0.4 is 14.8 Å². The smallest absolute Gasteiger partial charge is 0.167 e. The van der Waals surface area contributed by atoms with Crippen LogP contribution in [0, 0.1) is 17.1 Å².